The van der Waals surface area contributed by atoms with Gasteiger partial charge in [0.25, 0.3) is 0 Å². The van der Waals surface area contributed by atoms with Crippen LogP contribution >= 0.6 is 0 Å². The van der Waals surface area contributed by atoms with Crippen molar-refractivity contribution in [3.8, 4) is 17.6 Å². The van der Waals surface area contributed by atoms with Crippen molar-refractivity contribution in [2.24, 2.45) is 0 Å². The lowest BCUT2D eigenvalue weighted by Gasteiger charge is -2.39. The Bertz CT molecular complexity index is 945. The number of aromatic nitrogens is 1. The first-order valence-corrected chi connectivity index (χ1v) is 9.14. The van der Waals surface area contributed by atoms with Crippen LogP contribution in [0.2, 0.25) is 0 Å². The van der Waals surface area contributed by atoms with E-state index < -0.39 is 12.5 Å². The summed E-state index contributed by atoms with van der Waals surface area (Å²) < 4.78 is 46.5. The molecule has 3 rings (SSSR count). The summed E-state index contributed by atoms with van der Waals surface area (Å²) in [5.74, 6) is -0.0707. The average molecular weight is 420 g/mol. The van der Waals surface area contributed by atoms with E-state index in [9.17, 15) is 18.0 Å². The lowest BCUT2D eigenvalue weighted by atomic mass is 10.1. The Balaban J connectivity index is 1.57. The van der Waals surface area contributed by atoms with Gasteiger partial charge < -0.3 is 14.4 Å². The van der Waals surface area contributed by atoms with Crippen LogP contribution in [0.3, 0.4) is 0 Å². The summed E-state index contributed by atoms with van der Waals surface area (Å²) >= 11 is 0. The summed E-state index contributed by atoms with van der Waals surface area (Å²) in [4.78, 5) is 19.9. The SMILES string of the molecule is C[C@@H]1CN(Cc2cccc(OC(F)(F)F)c2)CCN1C(=O)Oc1cncc(C#N)c1. The minimum Gasteiger partial charge on any atom is -0.408 e. The molecular formula is C20H19F3N4O3. The standard InChI is InChI=1S/C20H19F3N4O3/c1-14-12-26(13-15-3-2-4-17(7-15)30-20(21,22)23)5-6-27(14)19(28)29-18-8-16(9-24)10-25-11-18/h2-4,7-8,10-11,14H,5-6,12-13H2,1H3/t14-/m1/s1. The van der Waals surface area contributed by atoms with Crippen LogP contribution in [0.4, 0.5) is 18.0 Å². The molecule has 1 fully saturated rings. The van der Waals surface area contributed by atoms with E-state index in [2.05, 4.69) is 9.72 Å². The van der Waals surface area contributed by atoms with E-state index in [1.54, 1.807) is 11.0 Å². The predicted octanol–water partition coefficient (Wildman–Crippen LogP) is 3.56. The van der Waals surface area contributed by atoms with Crippen molar-refractivity contribution in [3.05, 3.63) is 53.9 Å². The molecule has 1 saturated heterocycles. The van der Waals surface area contributed by atoms with E-state index in [0.29, 0.717) is 31.7 Å². The first-order valence-electron chi connectivity index (χ1n) is 9.14. The number of alkyl halides is 3. The molecule has 30 heavy (non-hydrogen) atoms. The van der Waals surface area contributed by atoms with Crippen molar-refractivity contribution in [2.75, 3.05) is 19.6 Å². The number of carbonyl (C=O) groups is 1. The number of amides is 1. The van der Waals surface area contributed by atoms with Crippen molar-refractivity contribution in [1.82, 2.24) is 14.8 Å². The number of carbonyl (C=O) groups excluding carboxylic acids is 1. The normalized spacial score (nSPS) is 17.3. The van der Waals surface area contributed by atoms with Crippen molar-refractivity contribution >= 4 is 6.09 Å². The Labute approximate surface area is 171 Å². The van der Waals surface area contributed by atoms with Crippen LogP contribution in [0.15, 0.2) is 42.7 Å². The van der Waals surface area contributed by atoms with E-state index in [1.165, 1.54) is 36.7 Å². The molecule has 1 aromatic carbocycles. The fraction of sp³-hybridized carbons (Fsp3) is 0.350. The summed E-state index contributed by atoms with van der Waals surface area (Å²) in [5.41, 5.74) is 0.967. The molecular weight excluding hydrogens is 401 g/mol. The third-order valence-electron chi connectivity index (χ3n) is 4.53. The zero-order chi connectivity index (χ0) is 21.7. The zero-order valence-corrected chi connectivity index (χ0v) is 16.1. The van der Waals surface area contributed by atoms with E-state index in [-0.39, 0.29) is 23.1 Å². The first kappa shape index (κ1) is 21.4. The molecule has 0 unspecified atom stereocenters. The van der Waals surface area contributed by atoms with E-state index in [0.717, 1.165) is 0 Å². The number of piperazine rings is 1. The number of rotatable bonds is 4. The van der Waals surface area contributed by atoms with Gasteiger partial charge in [0.1, 0.15) is 11.8 Å². The molecule has 0 bridgehead atoms. The quantitative estimate of drug-likeness (QED) is 0.753. The van der Waals surface area contributed by atoms with Crippen molar-refractivity contribution < 1.29 is 27.4 Å². The number of pyridine rings is 1. The number of halogens is 3. The lowest BCUT2D eigenvalue weighted by molar-refractivity contribution is -0.274. The predicted molar refractivity (Wildman–Crippen MR) is 99.5 cm³/mol. The summed E-state index contributed by atoms with van der Waals surface area (Å²) in [6, 6.07) is 9.03. The maximum atomic E-state index is 12.5. The molecule has 0 spiro atoms. The molecule has 2 heterocycles. The fourth-order valence-corrected chi connectivity index (χ4v) is 3.24. The largest absolute Gasteiger partial charge is 0.573 e. The van der Waals surface area contributed by atoms with Gasteiger partial charge in [0.15, 0.2) is 5.75 Å². The molecule has 0 saturated carbocycles. The number of hydrogen-bond donors (Lipinski definition) is 0. The lowest BCUT2D eigenvalue weighted by Crippen LogP contribution is -2.54. The molecule has 1 aliphatic heterocycles. The monoisotopic (exact) mass is 420 g/mol. The van der Waals surface area contributed by atoms with E-state index in [1.807, 2.05) is 17.9 Å². The maximum Gasteiger partial charge on any atom is 0.573 e. The van der Waals surface area contributed by atoms with Crippen molar-refractivity contribution in [3.63, 3.8) is 0 Å². The number of hydrogen-bond acceptors (Lipinski definition) is 6. The molecule has 0 N–H and O–H groups in total. The molecule has 1 atom stereocenters. The second-order valence-corrected chi connectivity index (χ2v) is 6.86. The Morgan fingerprint density at radius 2 is 2.07 bits per heavy atom. The topological polar surface area (TPSA) is 78.7 Å². The molecule has 1 aromatic heterocycles. The minimum atomic E-state index is -4.73. The van der Waals surface area contributed by atoms with Crippen LogP contribution in [0.5, 0.6) is 11.5 Å². The maximum absolute atomic E-state index is 12.5. The van der Waals surface area contributed by atoms with Crippen LogP contribution in [0.25, 0.3) is 0 Å². The van der Waals surface area contributed by atoms with Gasteiger partial charge in [0, 0.05) is 44.5 Å². The van der Waals surface area contributed by atoms with E-state index >= 15 is 0 Å². The number of nitriles is 1. The Morgan fingerprint density at radius 1 is 1.27 bits per heavy atom. The van der Waals surface area contributed by atoms with Gasteiger partial charge in [-0.2, -0.15) is 5.26 Å². The van der Waals surface area contributed by atoms with Crippen molar-refractivity contribution in [2.45, 2.75) is 25.9 Å². The highest BCUT2D eigenvalue weighted by molar-refractivity contribution is 5.71. The number of benzene rings is 1. The molecule has 1 amide bonds. The Hall–Kier alpha value is -3.32. The molecule has 0 aliphatic carbocycles. The van der Waals surface area contributed by atoms with Gasteiger partial charge in [-0.15, -0.1) is 13.2 Å². The number of nitrogens with zero attached hydrogens (tertiary/aromatic N) is 4. The summed E-state index contributed by atoms with van der Waals surface area (Å²) in [6.07, 6.45) is -2.55. The third-order valence-corrected chi connectivity index (χ3v) is 4.53. The van der Waals surface area contributed by atoms with E-state index in [4.69, 9.17) is 10.00 Å². The van der Waals surface area contributed by atoms with Gasteiger partial charge in [-0.3, -0.25) is 9.88 Å². The highest BCUT2D eigenvalue weighted by Gasteiger charge is 2.31. The highest BCUT2D eigenvalue weighted by Crippen LogP contribution is 2.24. The second-order valence-electron chi connectivity index (χ2n) is 6.86. The molecule has 0 radical (unpaired) electrons. The highest BCUT2D eigenvalue weighted by atomic mass is 19.4. The van der Waals surface area contributed by atoms with Crippen LogP contribution < -0.4 is 9.47 Å². The zero-order valence-electron chi connectivity index (χ0n) is 16.1. The molecule has 7 nitrogen and oxygen atoms in total. The van der Waals surface area contributed by atoms with Crippen LogP contribution in [0.1, 0.15) is 18.1 Å². The molecule has 158 valence electrons. The van der Waals surface area contributed by atoms with Crippen LogP contribution in [-0.4, -0.2) is 52.9 Å². The smallest absolute Gasteiger partial charge is 0.408 e. The van der Waals surface area contributed by atoms with Gasteiger partial charge in [0.05, 0.1) is 11.8 Å². The van der Waals surface area contributed by atoms with Crippen LogP contribution in [-0.2, 0) is 6.54 Å². The second kappa shape index (κ2) is 9.00. The van der Waals surface area contributed by atoms with Crippen LogP contribution in [0, 0.1) is 11.3 Å². The number of ether oxygens (including phenoxy) is 2. The Morgan fingerprint density at radius 3 is 2.77 bits per heavy atom. The van der Waals surface area contributed by atoms with Gasteiger partial charge in [-0.1, -0.05) is 12.1 Å². The summed E-state index contributed by atoms with van der Waals surface area (Å²) in [6.45, 7) is 3.73. The third kappa shape index (κ3) is 5.84. The first-order chi connectivity index (χ1) is 14.2. The summed E-state index contributed by atoms with van der Waals surface area (Å²) in [5, 5.41) is 8.90. The van der Waals surface area contributed by atoms with Gasteiger partial charge in [0.2, 0.25) is 0 Å². The summed E-state index contributed by atoms with van der Waals surface area (Å²) in [7, 11) is 0. The minimum absolute atomic E-state index is 0.173. The Kier molecular flexibility index (Phi) is 6.42. The average Bonchev–Trinajstić information content (AvgIpc) is 2.67. The van der Waals surface area contributed by atoms with Gasteiger partial charge in [-0.25, -0.2) is 4.79 Å². The molecule has 10 heteroatoms. The van der Waals surface area contributed by atoms with Gasteiger partial charge >= 0.3 is 12.5 Å². The molecule has 1 aliphatic rings. The fourth-order valence-electron chi connectivity index (χ4n) is 3.24. The van der Waals surface area contributed by atoms with Gasteiger partial charge in [-0.05, 0) is 24.6 Å². The van der Waals surface area contributed by atoms with Crippen molar-refractivity contribution in [1.29, 1.82) is 5.26 Å². The molecule has 2 aromatic rings.